The first kappa shape index (κ1) is 23.0. The summed E-state index contributed by atoms with van der Waals surface area (Å²) in [7, 11) is -4.52. The Morgan fingerprint density at radius 2 is 1.58 bits per heavy atom. The van der Waals surface area contributed by atoms with Crippen LogP contribution in [0.1, 0.15) is 42.5 Å². The van der Waals surface area contributed by atoms with Crippen LogP contribution in [0.3, 0.4) is 0 Å². The van der Waals surface area contributed by atoms with Crippen molar-refractivity contribution in [2.45, 2.75) is 60.2 Å². The quantitative estimate of drug-likeness (QED) is 0.389. The number of rotatable bonds is 3. The Bertz CT molecular complexity index is 1050. The fourth-order valence-corrected chi connectivity index (χ4v) is 6.68. The van der Waals surface area contributed by atoms with E-state index in [1.54, 1.807) is 0 Å². The zero-order valence-corrected chi connectivity index (χ0v) is 18.1. The van der Waals surface area contributed by atoms with E-state index in [4.69, 9.17) is 14.2 Å². The summed E-state index contributed by atoms with van der Waals surface area (Å²) < 4.78 is 104. The van der Waals surface area contributed by atoms with E-state index in [2.05, 4.69) is 0 Å². The first-order valence-electron chi connectivity index (χ1n) is 10.6. The standard InChI is InChI=1S/C21H22F4O7S/c22-19(23)10-30-21(31-11-20(19,24)25)14-4-12-5-15(21)9-18(7-12,8-14)32-17(26)13-2-1-3-16(6-13)33(27,28)29/h1-3,6,12,14-15H,4-5,7-11H2,(H,27,28,29). The summed E-state index contributed by atoms with van der Waals surface area (Å²) in [6.45, 7) is -2.90. The summed E-state index contributed by atoms with van der Waals surface area (Å²) >= 11 is 0. The zero-order chi connectivity index (χ0) is 23.9. The highest BCUT2D eigenvalue weighted by atomic mass is 32.2. The number of alkyl halides is 4. The summed E-state index contributed by atoms with van der Waals surface area (Å²) in [5, 5.41) is 0. The number of hydrogen-bond acceptors (Lipinski definition) is 6. The Morgan fingerprint density at radius 3 is 2.12 bits per heavy atom. The minimum absolute atomic E-state index is 0.0724. The molecular formula is C21H22F4O7S. The van der Waals surface area contributed by atoms with Gasteiger partial charge in [0.1, 0.15) is 18.8 Å². The second-order valence-corrected chi connectivity index (χ2v) is 11.0. The third-order valence-corrected chi connectivity index (χ3v) is 8.29. The third-order valence-electron chi connectivity index (χ3n) is 7.44. The van der Waals surface area contributed by atoms with E-state index >= 15 is 0 Å². The molecule has 2 unspecified atom stereocenters. The van der Waals surface area contributed by atoms with Crippen molar-refractivity contribution < 1.29 is 49.5 Å². The molecule has 4 aliphatic carbocycles. The molecule has 182 valence electrons. The molecule has 2 atom stereocenters. The lowest BCUT2D eigenvalue weighted by atomic mass is 9.51. The highest BCUT2D eigenvalue weighted by Crippen LogP contribution is 2.63. The lowest BCUT2D eigenvalue weighted by molar-refractivity contribution is -0.353. The van der Waals surface area contributed by atoms with Gasteiger partial charge in [0.15, 0.2) is 5.79 Å². The zero-order valence-electron chi connectivity index (χ0n) is 17.3. The fourth-order valence-electron chi connectivity index (χ4n) is 6.15. The fraction of sp³-hybridized carbons (Fsp3) is 0.667. The Labute approximate surface area is 187 Å². The molecule has 12 heteroatoms. The maximum absolute atomic E-state index is 13.9. The molecule has 33 heavy (non-hydrogen) atoms. The van der Waals surface area contributed by atoms with Gasteiger partial charge in [-0.05, 0) is 56.2 Å². The molecule has 1 heterocycles. The lowest BCUT2D eigenvalue weighted by Gasteiger charge is -2.62. The van der Waals surface area contributed by atoms with E-state index in [9.17, 15) is 35.3 Å². The first-order chi connectivity index (χ1) is 15.3. The van der Waals surface area contributed by atoms with Gasteiger partial charge in [-0.3, -0.25) is 4.55 Å². The third kappa shape index (κ3) is 3.65. The summed E-state index contributed by atoms with van der Waals surface area (Å²) in [4.78, 5) is 12.4. The van der Waals surface area contributed by atoms with E-state index in [1.807, 2.05) is 0 Å². The maximum atomic E-state index is 13.9. The molecule has 0 amide bonds. The molecule has 7 nitrogen and oxygen atoms in total. The molecule has 1 N–H and O–H groups in total. The van der Waals surface area contributed by atoms with Crippen LogP contribution in [0.2, 0.25) is 0 Å². The van der Waals surface area contributed by atoms with Crippen LogP contribution in [0.5, 0.6) is 0 Å². The predicted molar refractivity (Wildman–Crippen MR) is 102 cm³/mol. The number of hydrogen-bond donors (Lipinski definition) is 1. The molecule has 4 saturated carbocycles. The van der Waals surface area contributed by atoms with Crippen LogP contribution in [-0.2, 0) is 24.3 Å². The average molecular weight is 494 g/mol. The molecule has 4 bridgehead atoms. The Kier molecular flexibility index (Phi) is 4.97. The van der Waals surface area contributed by atoms with E-state index in [1.165, 1.54) is 12.1 Å². The molecule has 0 radical (unpaired) electrons. The molecule has 5 aliphatic rings. The van der Waals surface area contributed by atoms with Crippen LogP contribution in [0, 0.1) is 17.8 Å². The molecule has 5 fully saturated rings. The van der Waals surface area contributed by atoms with Gasteiger partial charge in [-0.25, -0.2) is 4.79 Å². The topological polar surface area (TPSA) is 99.1 Å². The maximum Gasteiger partial charge on any atom is 0.338 e. The molecule has 0 aromatic heterocycles. The van der Waals surface area contributed by atoms with Crippen molar-refractivity contribution in [3.8, 4) is 0 Å². The highest BCUT2D eigenvalue weighted by Gasteiger charge is 2.69. The number of ether oxygens (including phenoxy) is 3. The minimum Gasteiger partial charge on any atom is -0.455 e. The number of benzene rings is 1. The van der Waals surface area contributed by atoms with E-state index < -0.39 is 69.3 Å². The van der Waals surface area contributed by atoms with Crippen LogP contribution in [0.15, 0.2) is 29.2 Å². The summed E-state index contributed by atoms with van der Waals surface area (Å²) in [5.74, 6) is -12.0. The second kappa shape index (κ2) is 7.12. The van der Waals surface area contributed by atoms with Crippen molar-refractivity contribution in [2.24, 2.45) is 17.8 Å². The van der Waals surface area contributed by atoms with Gasteiger partial charge >= 0.3 is 17.8 Å². The van der Waals surface area contributed by atoms with Crippen molar-refractivity contribution in [3.05, 3.63) is 29.8 Å². The second-order valence-electron chi connectivity index (χ2n) is 9.63. The van der Waals surface area contributed by atoms with Gasteiger partial charge in [-0.2, -0.15) is 26.0 Å². The molecule has 6 rings (SSSR count). The van der Waals surface area contributed by atoms with Crippen LogP contribution in [0.25, 0.3) is 0 Å². The van der Waals surface area contributed by atoms with Crippen molar-refractivity contribution in [1.29, 1.82) is 0 Å². The van der Waals surface area contributed by atoms with E-state index in [0.29, 0.717) is 19.3 Å². The predicted octanol–water partition coefficient (Wildman–Crippen LogP) is 3.68. The van der Waals surface area contributed by atoms with E-state index in [0.717, 1.165) is 12.1 Å². The Balaban J connectivity index is 1.39. The SMILES string of the molecule is O=C(OC12CC3CC(C1)C1(OCC(F)(F)C(F)(F)CO1)C(C3)C2)c1cccc(S(=O)(=O)O)c1. The summed E-state index contributed by atoms with van der Waals surface area (Å²) in [6.07, 6.45) is 1.95. The normalized spacial score (nSPS) is 35.8. The average Bonchev–Trinajstić information content (AvgIpc) is 2.80. The lowest BCUT2D eigenvalue weighted by Crippen LogP contribution is -2.66. The molecule has 1 saturated heterocycles. The number of halogens is 4. The van der Waals surface area contributed by atoms with Gasteiger partial charge in [-0.15, -0.1) is 0 Å². The first-order valence-corrected chi connectivity index (χ1v) is 12.0. The number of carbonyl (C=O) groups is 1. The van der Waals surface area contributed by atoms with Crippen molar-refractivity contribution in [2.75, 3.05) is 13.2 Å². The van der Waals surface area contributed by atoms with Gasteiger partial charge < -0.3 is 14.2 Å². The van der Waals surface area contributed by atoms with Gasteiger partial charge in [-0.1, -0.05) is 6.07 Å². The van der Waals surface area contributed by atoms with Gasteiger partial charge in [0, 0.05) is 11.8 Å². The molecule has 1 aromatic rings. The Hall–Kier alpha value is -1.76. The monoisotopic (exact) mass is 494 g/mol. The van der Waals surface area contributed by atoms with Crippen molar-refractivity contribution in [1.82, 2.24) is 0 Å². The number of esters is 1. The Morgan fingerprint density at radius 1 is 1.00 bits per heavy atom. The highest BCUT2D eigenvalue weighted by molar-refractivity contribution is 7.85. The van der Waals surface area contributed by atoms with Crippen molar-refractivity contribution in [3.63, 3.8) is 0 Å². The van der Waals surface area contributed by atoms with Crippen LogP contribution in [-0.4, -0.2) is 55.4 Å². The van der Waals surface area contributed by atoms with Crippen molar-refractivity contribution >= 4 is 16.1 Å². The summed E-state index contributed by atoms with van der Waals surface area (Å²) in [6, 6.07) is 4.77. The van der Waals surface area contributed by atoms with Gasteiger partial charge in [0.25, 0.3) is 10.1 Å². The number of carbonyl (C=O) groups excluding carboxylic acids is 1. The van der Waals surface area contributed by atoms with Crippen LogP contribution in [0.4, 0.5) is 17.6 Å². The molecule has 1 aliphatic heterocycles. The van der Waals surface area contributed by atoms with Crippen LogP contribution < -0.4 is 0 Å². The molecular weight excluding hydrogens is 472 g/mol. The summed E-state index contributed by atoms with van der Waals surface area (Å²) in [5.41, 5.74) is -1.03. The van der Waals surface area contributed by atoms with E-state index in [-0.39, 0.29) is 24.3 Å². The minimum atomic E-state index is -4.52. The van der Waals surface area contributed by atoms with Crippen LogP contribution >= 0.6 is 0 Å². The van der Waals surface area contributed by atoms with Gasteiger partial charge in [0.05, 0.1) is 10.5 Å². The smallest absolute Gasteiger partial charge is 0.338 e. The largest absolute Gasteiger partial charge is 0.455 e. The van der Waals surface area contributed by atoms with Gasteiger partial charge in [0.2, 0.25) is 0 Å². The molecule has 1 aromatic carbocycles. The molecule has 1 spiro atoms.